The lowest BCUT2D eigenvalue weighted by molar-refractivity contribution is 0.0697. The van der Waals surface area contributed by atoms with Crippen LogP contribution in [-0.2, 0) is 6.42 Å². The molecule has 0 heterocycles. The van der Waals surface area contributed by atoms with Crippen molar-refractivity contribution in [1.82, 2.24) is 0 Å². The third kappa shape index (κ3) is 6.01. The molecule has 0 aliphatic carbocycles. The fourth-order valence-electron chi connectivity index (χ4n) is 1.98. The van der Waals surface area contributed by atoms with E-state index in [2.05, 4.69) is 20.8 Å². The zero-order valence-electron chi connectivity index (χ0n) is 11.7. The average Bonchev–Trinajstić information content (AvgIpc) is 2.27. The molecule has 0 spiro atoms. The highest BCUT2D eigenvalue weighted by Crippen LogP contribution is 2.22. The second kappa shape index (κ2) is 6.74. The molecule has 0 fully saturated rings. The highest BCUT2D eigenvalue weighted by Gasteiger charge is 2.09. The second-order valence-electron chi connectivity index (χ2n) is 6.12. The fraction of sp³-hybridized carbons (Fsp3) is 0.533. The van der Waals surface area contributed by atoms with E-state index in [1.54, 1.807) is 12.1 Å². The first-order valence-electron chi connectivity index (χ1n) is 6.71. The van der Waals surface area contributed by atoms with Crippen LogP contribution in [-0.4, -0.2) is 20.6 Å². The highest BCUT2D eigenvalue weighted by atomic mass is 28.2. The molecule has 18 heavy (non-hydrogen) atoms. The number of carboxylic acid groups (broad SMARTS) is 1. The van der Waals surface area contributed by atoms with E-state index in [9.17, 15) is 4.79 Å². The lowest BCUT2D eigenvalue weighted by Gasteiger charge is -2.16. The van der Waals surface area contributed by atoms with Gasteiger partial charge >= 0.3 is 5.97 Å². The first kappa shape index (κ1) is 15.0. The first-order chi connectivity index (χ1) is 8.38. The molecule has 0 aliphatic heterocycles. The lowest BCUT2D eigenvalue weighted by Crippen LogP contribution is -2.07. The Labute approximate surface area is 112 Å². The van der Waals surface area contributed by atoms with Gasteiger partial charge in [-0.25, -0.2) is 4.79 Å². The van der Waals surface area contributed by atoms with E-state index in [-0.39, 0.29) is 9.52 Å². The summed E-state index contributed by atoms with van der Waals surface area (Å²) in [6, 6.07) is 8.68. The van der Waals surface area contributed by atoms with E-state index in [4.69, 9.17) is 5.11 Å². The quantitative estimate of drug-likeness (QED) is 0.630. The van der Waals surface area contributed by atoms with Crippen LogP contribution in [0.2, 0.25) is 11.1 Å². The summed E-state index contributed by atoms with van der Waals surface area (Å²) in [5.74, 6) is -0.849. The van der Waals surface area contributed by atoms with Crippen LogP contribution in [0.15, 0.2) is 24.3 Å². The zero-order chi connectivity index (χ0) is 13.6. The van der Waals surface area contributed by atoms with Gasteiger partial charge in [-0.3, -0.25) is 0 Å². The number of benzene rings is 1. The maximum Gasteiger partial charge on any atom is 0.335 e. The molecule has 0 unspecified atom stereocenters. The van der Waals surface area contributed by atoms with Gasteiger partial charge in [0.25, 0.3) is 0 Å². The molecular weight excluding hydrogens is 240 g/mol. The number of aromatic carboxylic acids is 1. The predicted molar refractivity (Wildman–Crippen MR) is 79.4 cm³/mol. The standard InChI is InChI=1S/C15H24O2Si/c1-15(2,3)18-11-5-4-6-12-7-9-13(10-8-12)14(16)17/h7-10H,4-6,11,18H2,1-3H3,(H,16,17). The number of hydrogen-bond acceptors (Lipinski definition) is 1. The van der Waals surface area contributed by atoms with E-state index >= 15 is 0 Å². The van der Waals surface area contributed by atoms with Crippen LogP contribution in [0.25, 0.3) is 0 Å². The van der Waals surface area contributed by atoms with Crippen LogP contribution in [0.3, 0.4) is 0 Å². The van der Waals surface area contributed by atoms with Crippen molar-refractivity contribution >= 4 is 15.5 Å². The molecule has 1 N–H and O–H groups in total. The maximum absolute atomic E-state index is 10.7. The Morgan fingerprint density at radius 3 is 2.28 bits per heavy atom. The van der Waals surface area contributed by atoms with E-state index in [0.717, 1.165) is 6.42 Å². The Kier molecular flexibility index (Phi) is 5.60. The van der Waals surface area contributed by atoms with Crippen molar-refractivity contribution in [3.05, 3.63) is 35.4 Å². The third-order valence-corrected chi connectivity index (χ3v) is 5.45. The Hall–Kier alpha value is -1.09. The summed E-state index contributed by atoms with van der Waals surface area (Å²) in [5.41, 5.74) is 1.62. The normalized spacial score (nSPS) is 12.2. The molecule has 0 bridgehead atoms. The SMILES string of the molecule is CC(C)(C)[SiH2]CCCCc1ccc(C(=O)O)cc1. The van der Waals surface area contributed by atoms with Gasteiger partial charge < -0.3 is 5.11 Å². The van der Waals surface area contributed by atoms with Crippen LogP contribution < -0.4 is 0 Å². The monoisotopic (exact) mass is 264 g/mol. The van der Waals surface area contributed by atoms with Crippen LogP contribution >= 0.6 is 0 Å². The molecule has 0 saturated heterocycles. The molecule has 0 amide bonds. The van der Waals surface area contributed by atoms with E-state index in [1.807, 2.05) is 12.1 Å². The van der Waals surface area contributed by atoms with Crippen LogP contribution in [0.5, 0.6) is 0 Å². The minimum Gasteiger partial charge on any atom is -0.478 e. The average molecular weight is 264 g/mol. The van der Waals surface area contributed by atoms with Crippen molar-refractivity contribution in [2.24, 2.45) is 0 Å². The van der Waals surface area contributed by atoms with Crippen molar-refractivity contribution in [2.45, 2.75) is 51.1 Å². The van der Waals surface area contributed by atoms with Gasteiger partial charge in [0.15, 0.2) is 0 Å². The first-order valence-corrected chi connectivity index (χ1v) is 8.41. The highest BCUT2D eigenvalue weighted by molar-refractivity contribution is 6.39. The van der Waals surface area contributed by atoms with Gasteiger partial charge in [-0.05, 0) is 35.6 Å². The van der Waals surface area contributed by atoms with E-state index < -0.39 is 5.97 Å². The van der Waals surface area contributed by atoms with Gasteiger partial charge in [0.2, 0.25) is 0 Å². The summed E-state index contributed by atoms with van der Waals surface area (Å²) in [4.78, 5) is 10.7. The minimum absolute atomic E-state index is 0.0545. The van der Waals surface area contributed by atoms with Crippen molar-refractivity contribution in [1.29, 1.82) is 0 Å². The number of aryl methyl sites for hydroxylation is 1. The molecule has 0 aromatic heterocycles. The molecule has 1 aromatic carbocycles. The van der Waals surface area contributed by atoms with Crippen molar-refractivity contribution in [3.63, 3.8) is 0 Å². The van der Waals surface area contributed by atoms with E-state index in [1.165, 1.54) is 24.4 Å². The van der Waals surface area contributed by atoms with Crippen LogP contribution in [0.4, 0.5) is 0 Å². The summed E-state index contributed by atoms with van der Waals surface area (Å²) >= 11 is 0. The molecule has 0 aliphatic rings. The molecule has 1 rings (SSSR count). The van der Waals surface area contributed by atoms with E-state index in [0.29, 0.717) is 10.6 Å². The Balaban J connectivity index is 2.25. The summed E-state index contributed by atoms with van der Waals surface area (Å²) in [6.07, 6.45) is 3.60. The van der Waals surface area contributed by atoms with Crippen molar-refractivity contribution in [3.8, 4) is 0 Å². The van der Waals surface area contributed by atoms with Gasteiger partial charge in [-0.1, -0.05) is 45.4 Å². The number of unbranched alkanes of at least 4 members (excludes halogenated alkanes) is 1. The molecular formula is C15H24O2Si. The predicted octanol–water partition coefficient (Wildman–Crippen LogP) is 3.51. The maximum atomic E-state index is 10.7. The summed E-state index contributed by atoms with van der Waals surface area (Å²) in [5, 5.41) is 9.38. The number of rotatable bonds is 6. The largest absolute Gasteiger partial charge is 0.478 e. The smallest absolute Gasteiger partial charge is 0.335 e. The van der Waals surface area contributed by atoms with Gasteiger partial charge in [-0.15, -0.1) is 0 Å². The molecule has 2 nitrogen and oxygen atoms in total. The number of carboxylic acids is 1. The molecule has 0 radical (unpaired) electrons. The number of hydrogen-bond donors (Lipinski definition) is 1. The van der Waals surface area contributed by atoms with Gasteiger partial charge in [0.1, 0.15) is 0 Å². The zero-order valence-corrected chi connectivity index (χ0v) is 13.1. The Morgan fingerprint density at radius 1 is 1.17 bits per heavy atom. The van der Waals surface area contributed by atoms with Crippen molar-refractivity contribution in [2.75, 3.05) is 0 Å². The summed E-state index contributed by atoms with van der Waals surface area (Å²) in [6.45, 7) is 7.01. The molecule has 3 heteroatoms. The molecule has 0 saturated carbocycles. The third-order valence-electron chi connectivity index (χ3n) is 3.09. The van der Waals surface area contributed by atoms with Crippen LogP contribution in [0.1, 0.15) is 49.5 Å². The molecule has 100 valence electrons. The topological polar surface area (TPSA) is 37.3 Å². The molecule has 1 aromatic rings. The molecule has 0 atom stereocenters. The van der Waals surface area contributed by atoms with Crippen LogP contribution in [0, 0.1) is 0 Å². The lowest BCUT2D eigenvalue weighted by atomic mass is 10.1. The summed E-state index contributed by atoms with van der Waals surface area (Å²) in [7, 11) is 0.0545. The second-order valence-corrected chi connectivity index (χ2v) is 9.45. The number of carbonyl (C=O) groups is 1. The summed E-state index contributed by atoms with van der Waals surface area (Å²) < 4.78 is 0. The minimum atomic E-state index is -0.849. The fourth-order valence-corrected chi connectivity index (χ4v) is 3.64. The van der Waals surface area contributed by atoms with Gasteiger partial charge in [0, 0.05) is 9.52 Å². The van der Waals surface area contributed by atoms with Crippen molar-refractivity contribution < 1.29 is 9.90 Å². The van der Waals surface area contributed by atoms with Gasteiger partial charge in [0.05, 0.1) is 5.56 Å². The Morgan fingerprint density at radius 2 is 1.78 bits per heavy atom. The Bertz CT molecular complexity index is 376. The van der Waals surface area contributed by atoms with Gasteiger partial charge in [-0.2, -0.15) is 0 Å².